The molecule has 2 aliphatic rings. The maximum Gasteiger partial charge on any atom is 0.320 e. The van der Waals surface area contributed by atoms with Gasteiger partial charge in [-0.3, -0.25) is 59.2 Å². The first kappa shape index (κ1) is 98.8. The van der Waals surface area contributed by atoms with E-state index in [9.17, 15) is 38.4 Å². The van der Waals surface area contributed by atoms with Crippen LogP contribution in [0.25, 0.3) is 45.6 Å². The lowest BCUT2D eigenvalue weighted by atomic mass is 9.93. The van der Waals surface area contributed by atoms with Crippen molar-refractivity contribution in [3.05, 3.63) is 169 Å². The predicted octanol–water partition coefficient (Wildman–Crippen LogP) is 17.2. The molecule has 0 saturated heterocycles. The number of pyridine rings is 4. The number of hydrogen-bond donors (Lipinski definition) is 12. The molecule has 0 bridgehead atoms. The number of ketones is 4. The lowest BCUT2D eigenvalue weighted by Gasteiger charge is -2.26. The summed E-state index contributed by atoms with van der Waals surface area (Å²) in [6.07, 6.45) is 18.9. The Morgan fingerprint density at radius 1 is 0.358 bits per heavy atom. The molecule has 4 aromatic carbocycles. The molecule has 12 aromatic rings. The van der Waals surface area contributed by atoms with Crippen molar-refractivity contribution in [1.29, 1.82) is 0 Å². The van der Waals surface area contributed by atoms with Crippen molar-refractivity contribution in [2.45, 2.75) is 198 Å². The lowest BCUT2D eigenvalue weighted by Crippen LogP contribution is -2.43. The Kier molecular flexibility index (Phi) is 34.4. The molecule has 704 valence electrons. The van der Waals surface area contributed by atoms with Gasteiger partial charge in [-0.2, -0.15) is 20.4 Å². The number of hydrogen-bond acceptors (Lipinski definition) is 28. The number of methoxy groups -OCH3 is 4. The first-order valence-electron chi connectivity index (χ1n) is 44.3. The van der Waals surface area contributed by atoms with Gasteiger partial charge in [-0.1, -0.05) is 52.0 Å². The Hall–Kier alpha value is -15.8. The van der Waals surface area contributed by atoms with E-state index in [0.717, 1.165) is 37.7 Å². The van der Waals surface area contributed by atoms with Crippen molar-refractivity contribution in [2.75, 3.05) is 71.0 Å². The van der Waals surface area contributed by atoms with Crippen molar-refractivity contribution in [1.82, 2.24) is 100 Å². The number of amides is 8. The average molecular weight is 1830 g/mol. The minimum atomic E-state index is -0.407. The number of para-hydroxylation sites is 4. The molecule has 40 heteroatoms. The molecule has 0 spiro atoms. The number of aromatic nitrogens is 16. The van der Waals surface area contributed by atoms with Crippen LogP contribution in [0.15, 0.2) is 147 Å². The van der Waals surface area contributed by atoms with Crippen molar-refractivity contribution < 1.29 is 57.3 Å². The number of ether oxygens (including phenoxy) is 4. The number of urea groups is 4. The van der Waals surface area contributed by atoms with E-state index in [1.54, 1.807) is 124 Å². The van der Waals surface area contributed by atoms with Gasteiger partial charge in [0.15, 0.2) is 69.4 Å². The van der Waals surface area contributed by atoms with Crippen molar-refractivity contribution in [3.63, 3.8) is 0 Å². The number of aryl methyl sites for hydroxylation is 4. The summed E-state index contributed by atoms with van der Waals surface area (Å²) < 4.78 is 29.7. The van der Waals surface area contributed by atoms with Gasteiger partial charge in [0.05, 0.1) is 118 Å². The first-order chi connectivity index (χ1) is 64.5. The van der Waals surface area contributed by atoms with Gasteiger partial charge in [-0.15, -0.1) is 0 Å². The van der Waals surface area contributed by atoms with Crippen LogP contribution in [0.4, 0.5) is 87.9 Å². The summed E-state index contributed by atoms with van der Waals surface area (Å²) in [5.41, 5.74) is 8.65. The van der Waals surface area contributed by atoms with Crippen LogP contribution in [-0.2, 0) is 26.2 Å². The highest BCUT2D eigenvalue weighted by Gasteiger charge is 2.28. The molecule has 2 fully saturated rings. The smallest absolute Gasteiger partial charge is 0.320 e. The molecule has 8 aromatic heterocycles. The second-order valence-electron chi connectivity index (χ2n) is 32.0. The summed E-state index contributed by atoms with van der Waals surface area (Å²) in [4.78, 5) is 134. The molecule has 2 saturated carbocycles. The van der Waals surface area contributed by atoms with Gasteiger partial charge >= 0.3 is 24.1 Å². The number of carbonyl (C=O) groups is 8. The van der Waals surface area contributed by atoms with E-state index in [0.29, 0.717) is 206 Å². The highest BCUT2D eigenvalue weighted by Crippen LogP contribution is 2.43. The summed E-state index contributed by atoms with van der Waals surface area (Å²) in [6, 6.07) is 27.8. The van der Waals surface area contributed by atoms with Crippen LogP contribution in [0.5, 0.6) is 23.0 Å². The van der Waals surface area contributed by atoms with Crippen LogP contribution >= 0.6 is 0 Å². The summed E-state index contributed by atoms with van der Waals surface area (Å²) in [7, 11) is 6.27. The summed E-state index contributed by atoms with van der Waals surface area (Å²) >= 11 is 0. The standard InChI is InChI=1S/C24H29N7O3.C24H31N7O3.C23H27N7O3.C23H29N7O3/c1-4-20(32)17-13-25-21(29-24(33)27-15-8-6-9-15)12-19(17)28-18-11-7-10-16(22(18)34-3)23-26-14-31(5-2)30-23;1-7-19(32)16-13-25-20(28-23(33)29-24(3,4)5)12-18(16)27-17-11-9-10-15(21(17)34-6)22-26-14-31(8-2)30-22;1-4-19(31)16-12-24-20(28-23(32)26-14-9-10-14)11-18(16)27-17-8-6-7-15(21(17)33-3)22-25-13-30(5-2)29-22;1-6-19(31)16-12-24-20(28-23(32)26-14(3)4)11-18(16)27-17-10-8-9-15(21(17)33-5)22-25-13-30(7-2)29-22/h7,10-15H,4-6,8-9H2,1-3H3,(H3,25,27,28,29,33);9-14H,7-8H2,1-6H3,(H3,25,27,28,29,33);6-8,11-14H,4-5,9-10H2,1-3H3,(H3,24,26,27,28,32);8-14H,6-7H2,1-5H3,(H3,24,26,27,28,32). The van der Waals surface area contributed by atoms with Crippen LogP contribution < -0.4 is 82.7 Å². The zero-order valence-corrected chi connectivity index (χ0v) is 78.3. The van der Waals surface area contributed by atoms with E-state index < -0.39 is 11.6 Å². The number of Topliss-reactive ketones (excluding diaryl/α,β-unsaturated/α-hetero) is 4. The van der Waals surface area contributed by atoms with Gasteiger partial charge in [0, 0.05) is 125 Å². The minimum absolute atomic E-state index is 0.0275. The van der Waals surface area contributed by atoms with Crippen LogP contribution in [0.1, 0.15) is 189 Å². The molecule has 0 radical (unpaired) electrons. The molecule has 134 heavy (non-hydrogen) atoms. The van der Waals surface area contributed by atoms with Gasteiger partial charge in [0.1, 0.15) is 48.6 Å². The average Bonchev–Trinajstić information content (AvgIpc) is 1.33. The molecule has 0 atom stereocenters. The topological polar surface area (TPSA) is 492 Å². The van der Waals surface area contributed by atoms with E-state index in [1.807, 2.05) is 135 Å². The third-order valence-corrected chi connectivity index (χ3v) is 20.7. The number of carbonyl (C=O) groups excluding carboxylic acids is 8. The second kappa shape index (κ2) is 46.6. The monoisotopic (exact) mass is 1830 g/mol. The molecular formula is C94H116N28O12. The molecule has 0 aliphatic heterocycles. The van der Waals surface area contributed by atoms with Crippen molar-refractivity contribution >= 4 is 116 Å². The quantitative estimate of drug-likeness (QED) is 0.0164. The third-order valence-electron chi connectivity index (χ3n) is 20.7. The van der Waals surface area contributed by atoms with E-state index in [-0.39, 0.29) is 59.4 Å². The molecule has 2 aliphatic carbocycles. The van der Waals surface area contributed by atoms with Crippen LogP contribution in [0.3, 0.4) is 0 Å². The minimum Gasteiger partial charge on any atom is -0.494 e. The number of anilines is 12. The van der Waals surface area contributed by atoms with E-state index >= 15 is 0 Å². The number of benzene rings is 4. The Morgan fingerprint density at radius 2 is 0.619 bits per heavy atom. The highest BCUT2D eigenvalue weighted by molar-refractivity contribution is 6.06. The largest absolute Gasteiger partial charge is 0.494 e. The zero-order chi connectivity index (χ0) is 96.3. The summed E-state index contributed by atoms with van der Waals surface area (Å²) in [5.74, 6) is 5.26. The molecule has 0 unspecified atom stereocenters. The number of nitrogens with zero attached hydrogens (tertiary/aromatic N) is 16. The molecule has 8 amide bonds. The highest BCUT2D eigenvalue weighted by atomic mass is 16.5. The van der Waals surface area contributed by atoms with Crippen LogP contribution in [0.2, 0.25) is 0 Å². The fraction of sp³-hybridized carbons (Fsp3) is 0.362. The molecule has 8 heterocycles. The van der Waals surface area contributed by atoms with Crippen LogP contribution in [-0.4, -0.2) is 178 Å². The first-order valence-corrected chi connectivity index (χ1v) is 44.3. The Balaban J connectivity index is 0.000000172. The molecular weight excluding hydrogens is 1710 g/mol. The maximum absolute atomic E-state index is 12.6. The molecule has 40 nitrogen and oxygen atoms in total. The van der Waals surface area contributed by atoms with Gasteiger partial charge in [0.25, 0.3) is 0 Å². The SMILES string of the molecule is CCC(=O)c1cnc(NC(=O)NC(C)(C)C)cc1Nc1cccc(-c2ncn(CC)n2)c1OC.CCC(=O)c1cnc(NC(=O)NC(C)C)cc1Nc1cccc(-c2ncn(CC)n2)c1OC.CCC(=O)c1cnc(NC(=O)NC2CC2)cc1Nc1cccc(-c2ncn(CC)n2)c1OC.CCC(=O)c1cnc(NC(=O)NC2CCC2)cc1Nc1cccc(-c2ncn(CC)n2)c1OC. The van der Waals surface area contributed by atoms with Gasteiger partial charge in [-0.05, 0) is 143 Å². The Morgan fingerprint density at radius 3 is 0.836 bits per heavy atom. The van der Waals surface area contributed by atoms with E-state index in [4.69, 9.17) is 18.9 Å². The molecule has 14 rings (SSSR count). The predicted molar refractivity (Wildman–Crippen MR) is 513 cm³/mol. The Labute approximate surface area is 776 Å². The van der Waals surface area contributed by atoms with Crippen LogP contribution in [0, 0.1) is 0 Å². The third kappa shape index (κ3) is 26.3. The normalized spacial score (nSPS) is 12.0. The van der Waals surface area contributed by atoms with Crippen molar-refractivity contribution in [2.24, 2.45) is 0 Å². The van der Waals surface area contributed by atoms with Gasteiger partial charge in [0.2, 0.25) is 0 Å². The molecule has 12 N–H and O–H groups in total. The zero-order valence-electron chi connectivity index (χ0n) is 78.3. The number of nitrogens with one attached hydrogen (secondary N) is 12. The maximum atomic E-state index is 12.6. The van der Waals surface area contributed by atoms with Gasteiger partial charge < -0.3 is 61.5 Å². The summed E-state index contributed by atoms with van der Waals surface area (Å²) in [6.45, 7) is 27.3. The second-order valence-corrected chi connectivity index (χ2v) is 32.0. The summed E-state index contributed by atoms with van der Waals surface area (Å²) in [5, 5.41) is 53.3. The van der Waals surface area contributed by atoms with Crippen molar-refractivity contribution in [3.8, 4) is 68.5 Å². The number of rotatable bonds is 35. The van der Waals surface area contributed by atoms with E-state index in [2.05, 4.69) is 124 Å². The fourth-order valence-corrected chi connectivity index (χ4v) is 13.5. The Bertz CT molecular complexity index is 5970. The fourth-order valence-electron chi connectivity index (χ4n) is 13.5. The van der Waals surface area contributed by atoms with E-state index in [1.165, 1.54) is 24.8 Å². The lowest BCUT2D eigenvalue weighted by molar-refractivity contribution is 0.0980. The van der Waals surface area contributed by atoms with Gasteiger partial charge in [-0.25, -0.2) is 59.0 Å².